The van der Waals surface area contributed by atoms with Crippen molar-refractivity contribution >= 4 is 17.8 Å². The molecule has 0 spiro atoms. The lowest BCUT2D eigenvalue weighted by Crippen LogP contribution is -2.31. The Labute approximate surface area is 151 Å². The fourth-order valence-corrected chi connectivity index (χ4v) is 2.52. The molecule has 8 nitrogen and oxygen atoms in total. The molecular formula is C18H20N4O4. The molecule has 136 valence electrons. The first-order valence-electron chi connectivity index (χ1n) is 7.92. The molecule has 8 heteroatoms. The molecule has 1 aromatic carbocycles. The van der Waals surface area contributed by atoms with E-state index in [4.69, 9.17) is 15.1 Å². The number of hydrogen-bond donors (Lipinski definition) is 4. The van der Waals surface area contributed by atoms with Gasteiger partial charge in [0.15, 0.2) is 0 Å². The minimum Gasteiger partial charge on any atom is -0.465 e. The predicted octanol–water partition coefficient (Wildman–Crippen LogP) is 2.75. The van der Waals surface area contributed by atoms with Crippen LogP contribution >= 0.6 is 0 Å². The van der Waals surface area contributed by atoms with Gasteiger partial charge >= 0.3 is 12.1 Å². The van der Waals surface area contributed by atoms with E-state index in [0.29, 0.717) is 11.4 Å². The summed E-state index contributed by atoms with van der Waals surface area (Å²) in [6.45, 7) is 1.71. The van der Waals surface area contributed by atoms with Crippen LogP contribution < -0.4 is 16.0 Å². The van der Waals surface area contributed by atoms with Crippen LogP contribution in [0.25, 0.3) is 0 Å². The average Bonchev–Trinajstić information content (AvgIpc) is 2.61. The van der Waals surface area contributed by atoms with Crippen LogP contribution in [0.1, 0.15) is 18.5 Å². The molecule has 1 aliphatic carbocycles. The maximum Gasteiger partial charge on any atom is 0.405 e. The standard InChI is InChI=1S/C18H20N4O4/c1-11(20-18(24)25)12-4-3-5-14(8-12)21-17(23)22-15-7-6-13(10-19)16(9-15)26-2/h3-9,11,13,16,20H,1-2H3,(H,24,25)(H2,21,22,23)/t11-,13?,16?/m0/s1. The summed E-state index contributed by atoms with van der Waals surface area (Å²) in [6, 6.07) is 8.13. The lowest BCUT2D eigenvalue weighted by molar-refractivity contribution is 0.121. The zero-order valence-electron chi connectivity index (χ0n) is 14.4. The van der Waals surface area contributed by atoms with Crippen LogP contribution in [0.2, 0.25) is 0 Å². The second-order valence-electron chi connectivity index (χ2n) is 5.71. The number of allylic oxidation sites excluding steroid dienone is 1. The number of nitrogens with zero attached hydrogens (tertiary/aromatic N) is 1. The van der Waals surface area contributed by atoms with Crippen molar-refractivity contribution in [3.05, 3.63) is 53.8 Å². The highest BCUT2D eigenvalue weighted by molar-refractivity contribution is 5.90. The summed E-state index contributed by atoms with van der Waals surface area (Å²) in [5.74, 6) is -0.395. The van der Waals surface area contributed by atoms with E-state index in [-0.39, 0.29) is 0 Å². The van der Waals surface area contributed by atoms with Crippen molar-refractivity contribution in [3.8, 4) is 6.07 Å². The number of anilines is 1. The number of rotatable bonds is 5. The van der Waals surface area contributed by atoms with Crippen molar-refractivity contribution in [2.24, 2.45) is 5.92 Å². The molecule has 0 aromatic heterocycles. The first-order valence-corrected chi connectivity index (χ1v) is 7.92. The zero-order chi connectivity index (χ0) is 19.1. The molecule has 1 aromatic rings. The maximum atomic E-state index is 12.2. The molecular weight excluding hydrogens is 336 g/mol. The number of nitrogens with one attached hydrogen (secondary N) is 3. The Morgan fingerprint density at radius 1 is 1.35 bits per heavy atom. The van der Waals surface area contributed by atoms with Gasteiger partial charge in [-0.15, -0.1) is 0 Å². The van der Waals surface area contributed by atoms with Crippen LogP contribution in [-0.2, 0) is 4.74 Å². The molecule has 0 fully saturated rings. The molecule has 2 rings (SSSR count). The van der Waals surface area contributed by atoms with E-state index in [1.807, 2.05) is 0 Å². The van der Waals surface area contributed by atoms with E-state index in [9.17, 15) is 9.59 Å². The van der Waals surface area contributed by atoms with Crippen LogP contribution in [0, 0.1) is 17.2 Å². The van der Waals surface area contributed by atoms with Crippen LogP contribution in [0.3, 0.4) is 0 Å². The second kappa shape index (κ2) is 8.69. The molecule has 0 heterocycles. The highest BCUT2D eigenvalue weighted by Gasteiger charge is 2.21. The van der Waals surface area contributed by atoms with Gasteiger partial charge in [0, 0.05) is 18.5 Å². The normalized spacial score (nSPS) is 19.7. The number of carboxylic acid groups (broad SMARTS) is 1. The van der Waals surface area contributed by atoms with Gasteiger partial charge in [-0.25, -0.2) is 9.59 Å². The maximum absolute atomic E-state index is 12.2. The Kier molecular flexibility index (Phi) is 6.36. The third-order valence-electron chi connectivity index (χ3n) is 3.84. The third-order valence-corrected chi connectivity index (χ3v) is 3.84. The average molecular weight is 356 g/mol. The minimum absolute atomic E-state index is 0.395. The fraction of sp³-hybridized carbons (Fsp3) is 0.278. The molecule has 26 heavy (non-hydrogen) atoms. The van der Waals surface area contributed by atoms with Gasteiger partial charge in [0.1, 0.15) is 0 Å². The van der Waals surface area contributed by atoms with Crippen LogP contribution in [0.4, 0.5) is 15.3 Å². The smallest absolute Gasteiger partial charge is 0.405 e. The predicted molar refractivity (Wildman–Crippen MR) is 95.3 cm³/mol. The molecule has 1 aliphatic rings. The lowest BCUT2D eigenvalue weighted by atomic mass is 9.98. The molecule has 0 saturated carbocycles. The first kappa shape index (κ1) is 19.0. The molecule has 0 aliphatic heterocycles. The third kappa shape index (κ3) is 5.09. The summed E-state index contributed by atoms with van der Waals surface area (Å²) in [7, 11) is 1.50. The number of carbonyl (C=O) groups is 2. The van der Waals surface area contributed by atoms with Crippen molar-refractivity contribution in [1.82, 2.24) is 10.6 Å². The molecule has 4 N–H and O–H groups in total. The lowest BCUT2D eigenvalue weighted by Gasteiger charge is -2.20. The topological polar surface area (TPSA) is 123 Å². The summed E-state index contributed by atoms with van der Waals surface area (Å²) in [5.41, 5.74) is 1.77. The summed E-state index contributed by atoms with van der Waals surface area (Å²) in [4.78, 5) is 22.9. The minimum atomic E-state index is -1.12. The summed E-state index contributed by atoms with van der Waals surface area (Å²) in [5, 5.41) is 25.5. The number of benzene rings is 1. The zero-order valence-corrected chi connectivity index (χ0v) is 14.4. The fourth-order valence-electron chi connectivity index (χ4n) is 2.52. The van der Waals surface area contributed by atoms with Gasteiger partial charge in [0.25, 0.3) is 0 Å². The van der Waals surface area contributed by atoms with Gasteiger partial charge in [0.05, 0.1) is 24.1 Å². The first-order chi connectivity index (χ1) is 12.4. The number of carbonyl (C=O) groups excluding carboxylic acids is 1. The SMILES string of the molecule is COC1C=C(NC(=O)Nc2cccc([C@H](C)NC(=O)O)c2)C=CC1C#N. The molecule has 2 unspecified atom stereocenters. The van der Waals surface area contributed by atoms with E-state index in [1.54, 1.807) is 49.4 Å². The molecule has 0 bridgehead atoms. The van der Waals surface area contributed by atoms with Gasteiger partial charge in [-0.05, 0) is 36.8 Å². The van der Waals surface area contributed by atoms with E-state index in [1.165, 1.54) is 7.11 Å². The van der Waals surface area contributed by atoms with Gasteiger partial charge in [-0.1, -0.05) is 18.2 Å². The Morgan fingerprint density at radius 3 is 2.77 bits per heavy atom. The van der Waals surface area contributed by atoms with E-state index >= 15 is 0 Å². The Balaban J connectivity index is 2.00. The van der Waals surface area contributed by atoms with Crippen molar-refractivity contribution < 1.29 is 19.4 Å². The second-order valence-corrected chi connectivity index (χ2v) is 5.71. The Morgan fingerprint density at radius 2 is 2.12 bits per heavy atom. The number of nitriles is 1. The number of hydrogen-bond acceptors (Lipinski definition) is 4. The molecule has 0 saturated heterocycles. The van der Waals surface area contributed by atoms with E-state index in [2.05, 4.69) is 22.0 Å². The number of urea groups is 1. The van der Waals surface area contributed by atoms with E-state index < -0.39 is 30.2 Å². The van der Waals surface area contributed by atoms with Crippen molar-refractivity contribution in [2.45, 2.75) is 19.1 Å². The van der Waals surface area contributed by atoms with Crippen LogP contribution in [0.15, 0.2) is 48.2 Å². The van der Waals surface area contributed by atoms with Gasteiger partial charge < -0.3 is 25.8 Å². The molecule has 0 radical (unpaired) electrons. The number of amides is 3. The van der Waals surface area contributed by atoms with Crippen molar-refractivity contribution in [2.75, 3.05) is 12.4 Å². The number of methoxy groups -OCH3 is 1. The monoisotopic (exact) mass is 356 g/mol. The van der Waals surface area contributed by atoms with Crippen molar-refractivity contribution in [1.29, 1.82) is 5.26 Å². The molecule has 3 amide bonds. The van der Waals surface area contributed by atoms with Crippen LogP contribution in [0.5, 0.6) is 0 Å². The van der Waals surface area contributed by atoms with Crippen molar-refractivity contribution in [3.63, 3.8) is 0 Å². The van der Waals surface area contributed by atoms with E-state index in [0.717, 1.165) is 5.56 Å². The summed E-state index contributed by atoms with van der Waals surface area (Å²) < 4.78 is 5.22. The van der Waals surface area contributed by atoms with Gasteiger partial charge in [0.2, 0.25) is 0 Å². The number of ether oxygens (including phenoxy) is 1. The quantitative estimate of drug-likeness (QED) is 0.646. The highest BCUT2D eigenvalue weighted by atomic mass is 16.5. The summed E-state index contributed by atoms with van der Waals surface area (Å²) >= 11 is 0. The van der Waals surface area contributed by atoms with Gasteiger partial charge in [-0.2, -0.15) is 5.26 Å². The Bertz CT molecular complexity index is 782. The molecule has 3 atom stereocenters. The largest absolute Gasteiger partial charge is 0.465 e. The highest BCUT2D eigenvalue weighted by Crippen LogP contribution is 2.19. The van der Waals surface area contributed by atoms with Gasteiger partial charge in [-0.3, -0.25) is 0 Å². The summed E-state index contributed by atoms with van der Waals surface area (Å²) in [6.07, 6.45) is 3.45. The Hall–Kier alpha value is -3.31. The van der Waals surface area contributed by atoms with Crippen LogP contribution in [-0.4, -0.2) is 30.4 Å².